The first kappa shape index (κ1) is 36.9. The van der Waals surface area contributed by atoms with Crippen molar-refractivity contribution in [3.8, 4) is 0 Å². The molecule has 222 valence electrons. The highest BCUT2D eigenvalue weighted by atomic mass is 35.5. The number of nitro benzene ring substituents is 1. The fourth-order valence-corrected chi connectivity index (χ4v) is 3.59. The number of rotatable bonds is 9. The van der Waals surface area contributed by atoms with Gasteiger partial charge in [-0.25, -0.2) is 0 Å². The van der Waals surface area contributed by atoms with Crippen LogP contribution < -0.4 is 17.2 Å². The zero-order valence-electron chi connectivity index (χ0n) is 22.2. The van der Waals surface area contributed by atoms with Crippen LogP contribution in [0.15, 0.2) is 42.5 Å². The molecular formula is C27H38Cl2N4O7. The van der Waals surface area contributed by atoms with Gasteiger partial charge < -0.3 is 27.4 Å². The molecule has 0 saturated heterocycles. The maximum atomic E-state index is 10.3. The number of benzene rings is 2. The summed E-state index contributed by atoms with van der Waals surface area (Å²) in [5, 5.41) is 27.7. The standard InChI is InChI=1S/C8H6Cl2O2.C7H5NO3.C6H14N2O2.C6H13N/c9-6-2-1-5(3-7(6)10)4-8(11)12;9-5-6-1-3-7(4-2-6)8(10)11;7-4-2-1-3-5(8)6(9)10;7-6-4-2-1-3-5-6/h1-3H,4H2,(H,11,12);1-5H;5H,1-4,7-8H2,(H,9,10);6H,1-5,7H2/t;;5-;/m..0./s1. The fraction of sp³-hybridized carbons (Fsp3) is 0.444. The van der Waals surface area contributed by atoms with Crippen LogP contribution in [0, 0.1) is 10.1 Å². The Hall–Kier alpha value is -3.09. The quantitative estimate of drug-likeness (QED) is 0.114. The lowest BCUT2D eigenvalue weighted by molar-refractivity contribution is -0.384. The number of carbonyl (C=O) groups excluding carboxylic acids is 1. The molecule has 0 spiro atoms. The maximum absolute atomic E-state index is 10.3. The normalized spacial score (nSPS) is 13.1. The van der Waals surface area contributed by atoms with Crippen LogP contribution in [0.3, 0.4) is 0 Å². The minimum absolute atomic E-state index is 0.00407. The first-order chi connectivity index (χ1) is 18.9. The number of hydrogen-bond donors (Lipinski definition) is 5. The van der Waals surface area contributed by atoms with E-state index in [-0.39, 0.29) is 12.1 Å². The van der Waals surface area contributed by atoms with Crippen molar-refractivity contribution in [1.29, 1.82) is 0 Å². The highest BCUT2D eigenvalue weighted by Crippen LogP contribution is 2.22. The molecule has 1 fully saturated rings. The van der Waals surface area contributed by atoms with E-state index in [1.807, 2.05) is 0 Å². The predicted octanol–water partition coefficient (Wildman–Crippen LogP) is 4.83. The number of nitrogens with two attached hydrogens (primary N) is 3. The SMILES string of the molecule is NC1CCCCC1.NCCCC[C@H](N)C(=O)O.O=C(O)Cc1ccc(Cl)c(Cl)c1.O=Cc1ccc([N+](=O)[O-])cc1. The summed E-state index contributed by atoms with van der Waals surface area (Å²) in [7, 11) is 0. The van der Waals surface area contributed by atoms with Crippen molar-refractivity contribution in [3.05, 3.63) is 73.8 Å². The zero-order chi connectivity index (χ0) is 30.5. The number of nitro groups is 1. The number of halogens is 2. The smallest absolute Gasteiger partial charge is 0.320 e. The molecule has 1 saturated carbocycles. The van der Waals surface area contributed by atoms with Crippen molar-refractivity contribution in [2.45, 2.75) is 69.9 Å². The van der Waals surface area contributed by atoms with Gasteiger partial charge in [0, 0.05) is 23.7 Å². The third-order valence-electron chi connectivity index (χ3n) is 5.52. The Bertz CT molecular complexity index is 1050. The van der Waals surface area contributed by atoms with Gasteiger partial charge in [0.1, 0.15) is 12.3 Å². The number of carbonyl (C=O) groups is 3. The van der Waals surface area contributed by atoms with Gasteiger partial charge in [-0.2, -0.15) is 0 Å². The summed E-state index contributed by atoms with van der Waals surface area (Å²) >= 11 is 11.3. The van der Waals surface area contributed by atoms with Crippen LogP contribution in [0.2, 0.25) is 10.0 Å². The van der Waals surface area contributed by atoms with E-state index in [1.165, 1.54) is 56.4 Å². The summed E-state index contributed by atoms with van der Waals surface area (Å²) in [5.41, 5.74) is 17.1. The van der Waals surface area contributed by atoms with Gasteiger partial charge in [0.05, 0.1) is 21.4 Å². The summed E-state index contributed by atoms with van der Waals surface area (Å²) in [6.07, 6.45) is 9.44. The van der Waals surface area contributed by atoms with E-state index in [2.05, 4.69) is 0 Å². The molecule has 0 radical (unpaired) electrons. The first-order valence-corrected chi connectivity index (χ1v) is 13.5. The number of nitrogens with zero attached hydrogens (tertiary/aromatic N) is 1. The van der Waals surface area contributed by atoms with Crippen LogP contribution in [0.4, 0.5) is 5.69 Å². The number of aliphatic carboxylic acids is 2. The Labute approximate surface area is 243 Å². The van der Waals surface area contributed by atoms with Crippen molar-refractivity contribution >= 4 is 47.1 Å². The molecule has 2 aromatic carbocycles. The van der Waals surface area contributed by atoms with E-state index >= 15 is 0 Å². The van der Waals surface area contributed by atoms with Gasteiger partial charge in [0.25, 0.3) is 5.69 Å². The number of non-ortho nitro benzene ring substituents is 1. The molecule has 40 heavy (non-hydrogen) atoms. The molecular weight excluding hydrogens is 563 g/mol. The first-order valence-electron chi connectivity index (χ1n) is 12.7. The third-order valence-corrected chi connectivity index (χ3v) is 6.25. The molecule has 0 amide bonds. The lowest BCUT2D eigenvalue weighted by Crippen LogP contribution is -2.29. The fourth-order valence-electron chi connectivity index (χ4n) is 3.27. The number of carboxylic acids is 2. The summed E-state index contributed by atoms with van der Waals surface area (Å²) in [4.78, 5) is 40.2. The summed E-state index contributed by atoms with van der Waals surface area (Å²) in [6, 6.07) is 10.0. The van der Waals surface area contributed by atoms with E-state index in [0.29, 0.717) is 46.5 Å². The van der Waals surface area contributed by atoms with E-state index in [0.717, 1.165) is 12.8 Å². The number of aldehydes is 1. The second-order valence-electron chi connectivity index (χ2n) is 8.91. The van der Waals surface area contributed by atoms with Crippen molar-refractivity contribution in [3.63, 3.8) is 0 Å². The molecule has 0 bridgehead atoms. The molecule has 0 unspecified atom stereocenters. The van der Waals surface area contributed by atoms with Crippen LogP contribution in [0.1, 0.15) is 67.3 Å². The Morgan fingerprint density at radius 3 is 2.02 bits per heavy atom. The van der Waals surface area contributed by atoms with Gasteiger partial charge in [-0.1, -0.05) is 55.0 Å². The van der Waals surface area contributed by atoms with Gasteiger partial charge in [-0.05, 0) is 62.1 Å². The van der Waals surface area contributed by atoms with E-state index < -0.39 is 22.9 Å². The van der Waals surface area contributed by atoms with Gasteiger partial charge in [0.2, 0.25) is 0 Å². The van der Waals surface area contributed by atoms with E-state index in [4.69, 9.17) is 50.6 Å². The van der Waals surface area contributed by atoms with Crippen LogP contribution in [-0.2, 0) is 16.0 Å². The Kier molecular flexibility index (Phi) is 20.0. The minimum Gasteiger partial charge on any atom is -0.481 e. The van der Waals surface area contributed by atoms with Crippen molar-refractivity contribution in [2.24, 2.45) is 17.2 Å². The van der Waals surface area contributed by atoms with Crippen LogP contribution >= 0.6 is 23.2 Å². The second kappa shape index (κ2) is 21.7. The van der Waals surface area contributed by atoms with Crippen molar-refractivity contribution < 1.29 is 29.5 Å². The number of carboxylic acid groups (broad SMARTS) is 2. The molecule has 13 heteroatoms. The second-order valence-corrected chi connectivity index (χ2v) is 9.73. The van der Waals surface area contributed by atoms with E-state index in [9.17, 15) is 24.5 Å². The van der Waals surface area contributed by atoms with Crippen molar-refractivity contribution in [2.75, 3.05) is 6.54 Å². The molecule has 1 atom stereocenters. The van der Waals surface area contributed by atoms with Gasteiger partial charge >= 0.3 is 11.9 Å². The Morgan fingerprint density at radius 1 is 1.02 bits per heavy atom. The Balaban J connectivity index is 0.000000515. The van der Waals surface area contributed by atoms with Gasteiger partial charge in [-0.3, -0.25) is 24.5 Å². The van der Waals surface area contributed by atoms with Crippen molar-refractivity contribution in [1.82, 2.24) is 0 Å². The molecule has 2 aromatic rings. The topological polar surface area (TPSA) is 213 Å². The maximum Gasteiger partial charge on any atom is 0.320 e. The van der Waals surface area contributed by atoms with Crippen LogP contribution in [-0.4, -0.2) is 52.0 Å². The molecule has 8 N–H and O–H groups in total. The molecule has 0 heterocycles. The molecule has 0 aliphatic heterocycles. The summed E-state index contributed by atoms with van der Waals surface area (Å²) in [6.45, 7) is 0.604. The highest BCUT2D eigenvalue weighted by molar-refractivity contribution is 6.42. The minimum atomic E-state index is -0.933. The molecule has 0 aromatic heterocycles. The Morgan fingerprint density at radius 2 is 1.62 bits per heavy atom. The average molecular weight is 602 g/mol. The summed E-state index contributed by atoms with van der Waals surface area (Å²) < 4.78 is 0. The molecule has 1 aliphatic carbocycles. The summed E-state index contributed by atoms with van der Waals surface area (Å²) in [5.74, 6) is -1.81. The highest BCUT2D eigenvalue weighted by Gasteiger charge is 2.09. The van der Waals surface area contributed by atoms with Crippen LogP contribution in [0.25, 0.3) is 0 Å². The van der Waals surface area contributed by atoms with E-state index in [1.54, 1.807) is 18.2 Å². The lowest BCUT2D eigenvalue weighted by atomic mass is 9.97. The van der Waals surface area contributed by atoms with Crippen LogP contribution in [0.5, 0.6) is 0 Å². The number of unbranched alkanes of at least 4 members (excludes halogenated alkanes) is 1. The monoisotopic (exact) mass is 600 g/mol. The zero-order valence-corrected chi connectivity index (χ0v) is 23.7. The third kappa shape index (κ3) is 18.2. The average Bonchev–Trinajstić information content (AvgIpc) is 2.92. The van der Waals surface area contributed by atoms with Gasteiger partial charge in [0.15, 0.2) is 0 Å². The van der Waals surface area contributed by atoms with Gasteiger partial charge in [-0.15, -0.1) is 0 Å². The largest absolute Gasteiger partial charge is 0.481 e. The molecule has 3 rings (SSSR count). The molecule has 11 nitrogen and oxygen atoms in total. The number of hydrogen-bond acceptors (Lipinski definition) is 8. The lowest BCUT2D eigenvalue weighted by Gasteiger charge is -2.15. The molecule has 1 aliphatic rings. The predicted molar refractivity (Wildman–Crippen MR) is 156 cm³/mol.